The Kier molecular flexibility index (Phi) is 6.08. The van der Waals surface area contributed by atoms with Crippen molar-refractivity contribution in [2.45, 2.75) is 31.3 Å². The quantitative estimate of drug-likeness (QED) is 0.765. The van der Waals surface area contributed by atoms with Gasteiger partial charge >= 0.3 is 0 Å². The maximum atomic E-state index is 11.4. The summed E-state index contributed by atoms with van der Waals surface area (Å²) in [6.07, 6.45) is 0.515. The van der Waals surface area contributed by atoms with E-state index in [1.54, 1.807) is 6.92 Å². The molecule has 0 aromatic heterocycles. The lowest BCUT2D eigenvalue weighted by Crippen LogP contribution is -2.25. The van der Waals surface area contributed by atoms with Gasteiger partial charge in [0.15, 0.2) is 0 Å². The Hall–Kier alpha value is -1.00. The number of hydrogen-bond donors (Lipinski definition) is 2. The summed E-state index contributed by atoms with van der Waals surface area (Å²) >= 11 is 1.51. The molecule has 0 aliphatic heterocycles. The molecule has 0 fully saturated rings. The molecule has 1 atom stereocenters. The monoisotopic (exact) mass is 253 g/mol. The van der Waals surface area contributed by atoms with E-state index in [9.17, 15) is 9.90 Å². The van der Waals surface area contributed by atoms with E-state index in [4.69, 9.17) is 0 Å². The second-order valence-electron chi connectivity index (χ2n) is 3.88. The molecule has 94 valence electrons. The van der Waals surface area contributed by atoms with E-state index in [2.05, 4.69) is 5.32 Å². The van der Waals surface area contributed by atoms with E-state index in [0.717, 1.165) is 23.4 Å². The lowest BCUT2D eigenvalue weighted by atomic mass is 10.1. The number of aliphatic hydroxyl groups is 1. The summed E-state index contributed by atoms with van der Waals surface area (Å²) < 4.78 is 0. The van der Waals surface area contributed by atoms with Gasteiger partial charge in [0.05, 0.1) is 11.9 Å². The van der Waals surface area contributed by atoms with Crippen LogP contribution in [0, 0.1) is 0 Å². The second kappa shape index (κ2) is 7.35. The van der Waals surface area contributed by atoms with Crippen molar-refractivity contribution >= 4 is 17.7 Å². The summed E-state index contributed by atoms with van der Waals surface area (Å²) in [5.74, 6) is 0.505. The van der Waals surface area contributed by atoms with Crippen LogP contribution < -0.4 is 5.32 Å². The van der Waals surface area contributed by atoms with Crippen LogP contribution in [-0.4, -0.2) is 23.3 Å². The number of amides is 1. The van der Waals surface area contributed by atoms with E-state index in [1.165, 1.54) is 11.8 Å². The molecule has 0 radical (unpaired) electrons. The minimum atomic E-state index is -0.443. The number of hydrogen-bond acceptors (Lipinski definition) is 3. The van der Waals surface area contributed by atoms with Crippen molar-refractivity contribution < 1.29 is 9.90 Å². The van der Waals surface area contributed by atoms with Crippen LogP contribution in [0.25, 0.3) is 0 Å². The standard InChI is InChI=1S/C13H19NO2S/c1-3-8-14-13(16)9-17-12-6-4-11(5-7-12)10(2)15/h4-7,10,15H,3,8-9H2,1-2H3,(H,14,16). The Balaban J connectivity index is 2.39. The molecule has 0 saturated carbocycles. The summed E-state index contributed by atoms with van der Waals surface area (Å²) in [4.78, 5) is 12.4. The van der Waals surface area contributed by atoms with Crippen LogP contribution >= 0.6 is 11.8 Å². The maximum Gasteiger partial charge on any atom is 0.230 e. The first-order valence-electron chi connectivity index (χ1n) is 5.81. The molecule has 1 unspecified atom stereocenters. The van der Waals surface area contributed by atoms with Crippen LogP contribution in [-0.2, 0) is 4.79 Å². The van der Waals surface area contributed by atoms with Crippen molar-refractivity contribution in [1.29, 1.82) is 0 Å². The zero-order valence-electron chi connectivity index (χ0n) is 10.3. The molecular weight excluding hydrogens is 234 g/mol. The summed E-state index contributed by atoms with van der Waals surface area (Å²) in [6, 6.07) is 7.63. The van der Waals surface area contributed by atoms with E-state index in [-0.39, 0.29) is 5.91 Å². The number of carbonyl (C=O) groups is 1. The van der Waals surface area contributed by atoms with Gasteiger partial charge in [0.25, 0.3) is 0 Å². The van der Waals surface area contributed by atoms with Crippen molar-refractivity contribution in [3.63, 3.8) is 0 Å². The van der Waals surface area contributed by atoms with Crippen LogP contribution in [0.4, 0.5) is 0 Å². The molecule has 0 heterocycles. The minimum absolute atomic E-state index is 0.0662. The first-order chi connectivity index (χ1) is 8.13. The maximum absolute atomic E-state index is 11.4. The highest BCUT2D eigenvalue weighted by Gasteiger charge is 2.03. The molecule has 1 aromatic rings. The van der Waals surface area contributed by atoms with Crippen LogP contribution in [0.3, 0.4) is 0 Å². The Labute approximate surface area is 107 Å². The normalized spacial score (nSPS) is 12.2. The summed E-state index contributed by atoms with van der Waals surface area (Å²) in [6.45, 7) is 4.50. The van der Waals surface area contributed by atoms with E-state index >= 15 is 0 Å². The van der Waals surface area contributed by atoms with Gasteiger partial charge in [-0.15, -0.1) is 11.8 Å². The van der Waals surface area contributed by atoms with Crippen molar-refractivity contribution in [3.8, 4) is 0 Å². The average Bonchev–Trinajstić information content (AvgIpc) is 2.34. The van der Waals surface area contributed by atoms with Crippen molar-refractivity contribution in [2.24, 2.45) is 0 Å². The Morgan fingerprint density at radius 3 is 2.59 bits per heavy atom. The predicted molar refractivity (Wildman–Crippen MR) is 71.1 cm³/mol. The van der Waals surface area contributed by atoms with Crippen molar-refractivity contribution in [2.75, 3.05) is 12.3 Å². The number of aliphatic hydroxyl groups excluding tert-OH is 1. The van der Waals surface area contributed by atoms with E-state index < -0.39 is 6.10 Å². The lowest BCUT2D eigenvalue weighted by Gasteiger charge is -2.06. The van der Waals surface area contributed by atoms with Gasteiger partial charge < -0.3 is 10.4 Å². The molecule has 17 heavy (non-hydrogen) atoms. The third kappa shape index (κ3) is 5.24. The molecule has 0 aliphatic carbocycles. The van der Waals surface area contributed by atoms with Gasteiger partial charge in [0, 0.05) is 11.4 Å². The molecule has 1 rings (SSSR count). The first kappa shape index (κ1) is 14.1. The highest BCUT2D eigenvalue weighted by molar-refractivity contribution is 8.00. The summed E-state index contributed by atoms with van der Waals surface area (Å²) in [5, 5.41) is 12.2. The van der Waals surface area contributed by atoms with Crippen LogP contribution in [0.1, 0.15) is 31.9 Å². The fourth-order valence-electron chi connectivity index (χ4n) is 1.31. The fraction of sp³-hybridized carbons (Fsp3) is 0.462. The number of carbonyl (C=O) groups excluding carboxylic acids is 1. The third-order valence-electron chi connectivity index (χ3n) is 2.30. The van der Waals surface area contributed by atoms with Gasteiger partial charge in [-0.2, -0.15) is 0 Å². The van der Waals surface area contributed by atoms with Gasteiger partial charge in [-0.3, -0.25) is 4.79 Å². The zero-order valence-corrected chi connectivity index (χ0v) is 11.1. The smallest absolute Gasteiger partial charge is 0.230 e. The molecule has 0 saturated heterocycles. The van der Waals surface area contributed by atoms with Crippen molar-refractivity contribution in [3.05, 3.63) is 29.8 Å². The average molecular weight is 253 g/mol. The first-order valence-corrected chi connectivity index (χ1v) is 6.79. The van der Waals surface area contributed by atoms with Crippen molar-refractivity contribution in [1.82, 2.24) is 5.32 Å². The van der Waals surface area contributed by atoms with Gasteiger partial charge in [-0.1, -0.05) is 19.1 Å². The Morgan fingerprint density at radius 1 is 1.41 bits per heavy atom. The molecule has 0 aliphatic rings. The Bertz CT molecular complexity index is 349. The molecule has 4 heteroatoms. The highest BCUT2D eigenvalue weighted by Crippen LogP contribution is 2.20. The predicted octanol–water partition coefficient (Wildman–Crippen LogP) is 2.36. The van der Waals surface area contributed by atoms with E-state index in [0.29, 0.717) is 5.75 Å². The topological polar surface area (TPSA) is 49.3 Å². The van der Waals surface area contributed by atoms with Gasteiger partial charge in [0.2, 0.25) is 5.91 Å². The third-order valence-corrected chi connectivity index (χ3v) is 3.32. The van der Waals surface area contributed by atoms with Gasteiger partial charge in [-0.25, -0.2) is 0 Å². The SMILES string of the molecule is CCCNC(=O)CSc1ccc(C(C)O)cc1. The fourth-order valence-corrected chi connectivity index (χ4v) is 2.04. The number of thioether (sulfide) groups is 1. The highest BCUT2D eigenvalue weighted by atomic mass is 32.2. The number of benzene rings is 1. The lowest BCUT2D eigenvalue weighted by molar-refractivity contribution is -0.118. The largest absolute Gasteiger partial charge is 0.389 e. The Morgan fingerprint density at radius 2 is 2.06 bits per heavy atom. The molecular formula is C13H19NO2S. The molecule has 0 spiro atoms. The number of rotatable bonds is 6. The van der Waals surface area contributed by atoms with E-state index in [1.807, 2.05) is 31.2 Å². The molecule has 1 amide bonds. The van der Waals surface area contributed by atoms with Crippen LogP contribution in [0.5, 0.6) is 0 Å². The second-order valence-corrected chi connectivity index (χ2v) is 4.93. The minimum Gasteiger partial charge on any atom is -0.389 e. The molecule has 2 N–H and O–H groups in total. The van der Waals surface area contributed by atoms with Gasteiger partial charge in [-0.05, 0) is 31.0 Å². The molecule has 0 bridgehead atoms. The summed E-state index contributed by atoms with van der Waals surface area (Å²) in [5.41, 5.74) is 0.893. The van der Waals surface area contributed by atoms with Gasteiger partial charge in [0.1, 0.15) is 0 Å². The molecule has 3 nitrogen and oxygen atoms in total. The van der Waals surface area contributed by atoms with Crippen LogP contribution in [0.2, 0.25) is 0 Å². The molecule has 1 aromatic carbocycles. The number of nitrogens with one attached hydrogen (secondary N) is 1. The van der Waals surface area contributed by atoms with Crippen LogP contribution in [0.15, 0.2) is 29.2 Å². The zero-order chi connectivity index (χ0) is 12.7. The summed E-state index contributed by atoms with van der Waals surface area (Å²) in [7, 11) is 0.